The summed E-state index contributed by atoms with van der Waals surface area (Å²) in [7, 11) is 1.69. The number of amides is 2. The Morgan fingerprint density at radius 3 is 2.50 bits per heavy atom. The van der Waals surface area contributed by atoms with Crippen molar-refractivity contribution >= 4 is 17.9 Å². The molecule has 36 heavy (non-hydrogen) atoms. The zero-order valence-corrected chi connectivity index (χ0v) is 22.6. The molecule has 1 saturated carbocycles. The molecule has 0 spiro atoms. The minimum atomic E-state index is 0.167. The lowest BCUT2D eigenvalue weighted by atomic mass is 9.88. The number of rotatable bonds is 13. The molecule has 0 bridgehead atoms. The summed E-state index contributed by atoms with van der Waals surface area (Å²) in [6, 6.07) is 7.96. The summed E-state index contributed by atoms with van der Waals surface area (Å²) in [4.78, 5) is 32.4. The summed E-state index contributed by atoms with van der Waals surface area (Å²) in [6.45, 7) is 7.79. The van der Waals surface area contributed by atoms with Gasteiger partial charge in [-0.25, -0.2) is 0 Å². The highest BCUT2D eigenvalue weighted by molar-refractivity contribution is 5.79. The molecule has 3 rings (SSSR count). The maximum absolute atomic E-state index is 13.4. The largest absolute Gasteiger partial charge is 0.496 e. The molecule has 2 amide bonds. The quantitative estimate of drug-likeness (QED) is 0.350. The first-order valence-electron chi connectivity index (χ1n) is 14.2. The van der Waals surface area contributed by atoms with E-state index in [2.05, 4.69) is 24.0 Å². The standard InChI is InChI=1S/C30H47N3O3/c1-3-4-5-9-18-29(34)32-23-20-31(21-24-32)22-25-33(30(35)27-14-7-6-8-15-27)19-12-16-26-13-10-11-17-28(26)36-2/h10-13,16-17,27H,3-9,14-15,18-25H2,1-2H3/b16-12+. The van der Waals surface area contributed by atoms with E-state index in [-0.39, 0.29) is 5.92 Å². The van der Waals surface area contributed by atoms with Gasteiger partial charge in [0.05, 0.1) is 7.11 Å². The Balaban J connectivity index is 1.51. The van der Waals surface area contributed by atoms with Crippen LogP contribution in [0.1, 0.15) is 76.7 Å². The van der Waals surface area contributed by atoms with Crippen LogP contribution in [0, 0.1) is 5.92 Å². The molecule has 2 fully saturated rings. The molecule has 0 N–H and O–H groups in total. The van der Waals surface area contributed by atoms with Crippen LogP contribution >= 0.6 is 0 Å². The normalized spacial score (nSPS) is 17.4. The van der Waals surface area contributed by atoms with Crippen molar-refractivity contribution in [1.82, 2.24) is 14.7 Å². The second kappa shape index (κ2) is 15.7. The smallest absolute Gasteiger partial charge is 0.226 e. The molecular weight excluding hydrogens is 450 g/mol. The lowest BCUT2D eigenvalue weighted by Gasteiger charge is -2.36. The van der Waals surface area contributed by atoms with Gasteiger partial charge in [0.2, 0.25) is 11.8 Å². The van der Waals surface area contributed by atoms with Gasteiger partial charge in [0.1, 0.15) is 5.75 Å². The van der Waals surface area contributed by atoms with Crippen molar-refractivity contribution in [3.63, 3.8) is 0 Å². The summed E-state index contributed by atoms with van der Waals surface area (Å²) >= 11 is 0. The van der Waals surface area contributed by atoms with E-state index < -0.39 is 0 Å². The number of para-hydroxylation sites is 1. The molecule has 6 heteroatoms. The maximum atomic E-state index is 13.4. The average Bonchev–Trinajstić information content (AvgIpc) is 2.93. The second-order valence-electron chi connectivity index (χ2n) is 10.3. The van der Waals surface area contributed by atoms with E-state index in [0.717, 1.165) is 89.1 Å². The monoisotopic (exact) mass is 497 g/mol. The molecule has 1 aromatic carbocycles. The molecule has 1 heterocycles. The number of piperazine rings is 1. The van der Waals surface area contributed by atoms with Crippen molar-refractivity contribution in [3.05, 3.63) is 35.9 Å². The molecule has 2 aliphatic rings. The third-order valence-corrected chi connectivity index (χ3v) is 7.68. The summed E-state index contributed by atoms with van der Waals surface area (Å²) < 4.78 is 5.46. The fraction of sp³-hybridized carbons (Fsp3) is 0.667. The first kappa shape index (κ1) is 28.2. The maximum Gasteiger partial charge on any atom is 0.226 e. The van der Waals surface area contributed by atoms with Gasteiger partial charge >= 0.3 is 0 Å². The molecule has 1 aliphatic carbocycles. The van der Waals surface area contributed by atoms with E-state index in [4.69, 9.17) is 4.74 Å². The predicted molar refractivity (Wildman–Crippen MR) is 147 cm³/mol. The van der Waals surface area contributed by atoms with Gasteiger partial charge in [-0.3, -0.25) is 14.5 Å². The number of ether oxygens (including phenoxy) is 1. The van der Waals surface area contributed by atoms with Crippen LogP contribution in [0.15, 0.2) is 30.3 Å². The number of benzene rings is 1. The number of methoxy groups -OCH3 is 1. The fourth-order valence-corrected chi connectivity index (χ4v) is 5.35. The number of nitrogens with zero attached hydrogens (tertiary/aromatic N) is 3. The summed E-state index contributed by atoms with van der Waals surface area (Å²) in [5.74, 6) is 1.62. The number of unbranched alkanes of at least 4 members (excludes halogenated alkanes) is 3. The lowest BCUT2D eigenvalue weighted by Crippen LogP contribution is -2.51. The van der Waals surface area contributed by atoms with Crippen molar-refractivity contribution in [1.29, 1.82) is 0 Å². The number of hydrogen-bond donors (Lipinski definition) is 0. The van der Waals surface area contributed by atoms with E-state index >= 15 is 0 Å². The fourth-order valence-electron chi connectivity index (χ4n) is 5.35. The predicted octanol–water partition coefficient (Wildman–Crippen LogP) is 5.23. The van der Waals surface area contributed by atoms with Crippen LogP contribution in [0.25, 0.3) is 6.08 Å². The lowest BCUT2D eigenvalue weighted by molar-refractivity contribution is -0.136. The van der Waals surface area contributed by atoms with Gasteiger partial charge < -0.3 is 14.5 Å². The van der Waals surface area contributed by atoms with E-state index in [1.165, 1.54) is 19.3 Å². The highest BCUT2D eigenvalue weighted by atomic mass is 16.5. The van der Waals surface area contributed by atoms with E-state index in [0.29, 0.717) is 24.8 Å². The van der Waals surface area contributed by atoms with Crippen molar-refractivity contribution in [3.8, 4) is 5.75 Å². The number of carbonyl (C=O) groups excluding carboxylic acids is 2. The third-order valence-electron chi connectivity index (χ3n) is 7.68. The second-order valence-corrected chi connectivity index (χ2v) is 10.3. The molecule has 200 valence electrons. The molecular formula is C30H47N3O3. The molecule has 0 atom stereocenters. The summed E-state index contributed by atoms with van der Waals surface area (Å²) in [6.07, 6.45) is 15.0. The Bertz CT molecular complexity index is 826. The molecule has 0 radical (unpaired) electrons. The van der Waals surface area contributed by atoms with Crippen LogP contribution in [0.3, 0.4) is 0 Å². The van der Waals surface area contributed by atoms with Crippen LogP contribution in [-0.4, -0.2) is 79.4 Å². The van der Waals surface area contributed by atoms with Gasteiger partial charge in [0.25, 0.3) is 0 Å². The van der Waals surface area contributed by atoms with Gasteiger partial charge in [-0.1, -0.05) is 75.8 Å². The highest BCUT2D eigenvalue weighted by Gasteiger charge is 2.26. The van der Waals surface area contributed by atoms with Gasteiger partial charge in [0.15, 0.2) is 0 Å². The average molecular weight is 498 g/mol. The Morgan fingerprint density at radius 1 is 1.03 bits per heavy atom. The van der Waals surface area contributed by atoms with Gasteiger partial charge in [-0.15, -0.1) is 0 Å². The highest BCUT2D eigenvalue weighted by Crippen LogP contribution is 2.26. The first-order chi connectivity index (χ1) is 17.6. The van der Waals surface area contributed by atoms with Crippen molar-refractivity contribution < 1.29 is 14.3 Å². The van der Waals surface area contributed by atoms with Crippen molar-refractivity contribution in [2.75, 3.05) is 52.9 Å². The van der Waals surface area contributed by atoms with Crippen molar-refractivity contribution in [2.45, 2.75) is 71.1 Å². The van der Waals surface area contributed by atoms with Crippen LogP contribution in [0.4, 0.5) is 0 Å². The summed E-state index contributed by atoms with van der Waals surface area (Å²) in [5.41, 5.74) is 1.03. The topological polar surface area (TPSA) is 53.1 Å². The molecule has 0 unspecified atom stereocenters. The Morgan fingerprint density at radius 2 is 1.78 bits per heavy atom. The van der Waals surface area contributed by atoms with Crippen LogP contribution in [0.2, 0.25) is 0 Å². The SMILES string of the molecule is CCCCCCC(=O)N1CCN(CCN(C/C=C/c2ccccc2OC)C(=O)C2CCCCC2)CC1. The van der Waals surface area contributed by atoms with Crippen LogP contribution in [0.5, 0.6) is 5.75 Å². The number of carbonyl (C=O) groups is 2. The minimum absolute atomic E-state index is 0.167. The Kier molecular flexibility index (Phi) is 12.3. The molecule has 1 saturated heterocycles. The van der Waals surface area contributed by atoms with Crippen molar-refractivity contribution in [2.24, 2.45) is 5.92 Å². The zero-order valence-electron chi connectivity index (χ0n) is 22.6. The van der Waals surface area contributed by atoms with Gasteiger partial charge in [-0.05, 0) is 25.3 Å². The Labute approximate surface area is 218 Å². The van der Waals surface area contributed by atoms with E-state index in [9.17, 15) is 9.59 Å². The van der Waals surface area contributed by atoms with E-state index in [1.54, 1.807) is 7.11 Å². The van der Waals surface area contributed by atoms with Crippen LogP contribution < -0.4 is 4.74 Å². The Hall–Kier alpha value is -2.34. The third kappa shape index (κ3) is 8.95. The minimum Gasteiger partial charge on any atom is -0.496 e. The molecule has 1 aliphatic heterocycles. The first-order valence-corrected chi connectivity index (χ1v) is 14.2. The van der Waals surface area contributed by atoms with Gasteiger partial charge in [-0.2, -0.15) is 0 Å². The summed E-state index contributed by atoms with van der Waals surface area (Å²) in [5, 5.41) is 0. The molecule has 0 aromatic heterocycles. The van der Waals surface area contributed by atoms with Crippen LogP contribution in [-0.2, 0) is 9.59 Å². The number of hydrogen-bond acceptors (Lipinski definition) is 4. The van der Waals surface area contributed by atoms with Gasteiger partial charge in [0, 0.05) is 63.7 Å². The van der Waals surface area contributed by atoms with E-state index in [1.807, 2.05) is 34.1 Å². The molecule has 1 aromatic rings. The zero-order chi connectivity index (χ0) is 25.6. The molecule has 6 nitrogen and oxygen atoms in total.